The average molecular weight is 338 g/mol. The van der Waals surface area contributed by atoms with Crippen molar-refractivity contribution in [2.45, 2.75) is 39.2 Å². The van der Waals surface area contributed by atoms with E-state index >= 15 is 0 Å². The number of aromatic nitrogens is 5. The summed E-state index contributed by atoms with van der Waals surface area (Å²) < 4.78 is 3.56. The number of nitrogens with zero attached hydrogens (tertiary/aromatic N) is 6. The number of hydrogen-bond acceptors (Lipinski definition) is 4. The third-order valence-electron chi connectivity index (χ3n) is 4.93. The second-order valence-electron chi connectivity index (χ2n) is 6.73. The standard InChI is InChI=1S/C18H22N6O/c1-13-11-14(2)24(21-13)12-18(25)22-8-4-15(5-9-22)16-6-10-23-17(20-16)3-7-19-23/h3,6-7,10-11,15H,4-5,8-9,12H2,1-2H3. The van der Waals surface area contributed by atoms with Gasteiger partial charge in [-0.25, -0.2) is 9.50 Å². The Morgan fingerprint density at radius 3 is 2.76 bits per heavy atom. The maximum atomic E-state index is 12.6. The van der Waals surface area contributed by atoms with Crippen LogP contribution in [0.5, 0.6) is 0 Å². The largest absolute Gasteiger partial charge is 0.341 e. The van der Waals surface area contributed by atoms with E-state index < -0.39 is 0 Å². The molecule has 0 aromatic carbocycles. The predicted octanol–water partition coefficient (Wildman–Crippen LogP) is 1.95. The summed E-state index contributed by atoms with van der Waals surface area (Å²) in [7, 11) is 0. The second kappa shape index (κ2) is 6.31. The number of carbonyl (C=O) groups is 1. The van der Waals surface area contributed by atoms with Gasteiger partial charge in [-0.05, 0) is 38.8 Å². The van der Waals surface area contributed by atoms with Crippen LogP contribution >= 0.6 is 0 Å². The number of hydrogen-bond donors (Lipinski definition) is 0. The molecule has 4 rings (SSSR count). The van der Waals surface area contributed by atoms with Crippen molar-refractivity contribution in [1.82, 2.24) is 29.3 Å². The Morgan fingerprint density at radius 1 is 1.24 bits per heavy atom. The molecule has 0 atom stereocenters. The summed E-state index contributed by atoms with van der Waals surface area (Å²) in [5.41, 5.74) is 3.95. The third-order valence-corrected chi connectivity index (χ3v) is 4.93. The van der Waals surface area contributed by atoms with Crippen LogP contribution in [0.3, 0.4) is 0 Å². The molecule has 0 bridgehead atoms. The summed E-state index contributed by atoms with van der Waals surface area (Å²) in [6.07, 6.45) is 5.60. The molecule has 7 heteroatoms. The molecule has 25 heavy (non-hydrogen) atoms. The van der Waals surface area contributed by atoms with Crippen LogP contribution in [-0.4, -0.2) is 48.3 Å². The first-order valence-corrected chi connectivity index (χ1v) is 8.69. The molecule has 1 fully saturated rings. The molecule has 0 aliphatic carbocycles. The molecule has 0 saturated carbocycles. The van der Waals surface area contributed by atoms with E-state index in [4.69, 9.17) is 4.98 Å². The number of piperidine rings is 1. The first-order chi connectivity index (χ1) is 12.1. The van der Waals surface area contributed by atoms with E-state index in [9.17, 15) is 4.79 Å². The van der Waals surface area contributed by atoms with E-state index in [1.807, 2.05) is 43.1 Å². The van der Waals surface area contributed by atoms with Crippen LogP contribution in [0.1, 0.15) is 35.8 Å². The minimum atomic E-state index is 0.142. The van der Waals surface area contributed by atoms with Crippen molar-refractivity contribution in [2.75, 3.05) is 13.1 Å². The Kier molecular flexibility index (Phi) is 3.99. The van der Waals surface area contributed by atoms with Crippen molar-refractivity contribution in [3.05, 3.63) is 47.7 Å². The summed E-state index contributed by atoms with van der Waals surface area (Å²) in [5, 5.41) is 8.56. The quantitative estimate of drug-likeness (QED) is 0.732. The van der Waals surface area contributed by atoms with Crippen LogP contribution in [0.15, 0.2) is 30.6 Å². The average Bonchev–Trinajstić information content (AvgIpc) is 3.20. The van der Waals surface area contributed by atoms with Crippen LogP contribution in [0.4, 0.5) is 0 Å². The molecule has 7 nitrogen and oxygen atoms in total. The van der Waals surface area contributed by atoms with Crippen molar-refractivity contribution >= 4 is 11.6 Å². The number of carbonyl (C=O) groups excluding carboxylic acids is 1. The smallest absolute Gasteiger partial charge is 0.244 e. The Balaban J connectivity index is 1.39. The highest BCUT2D eigenvalue weighted by atomic mass is 16.2. The topological polar surface area (TPSA) is 68.3 Å². The van der Waals surface area contributed by atoms with Gasteiger partial charge in [-0.15, -0.1) is 0 Å². The van der Waals surface area contributed by atoms with Crippen molar-refractivity contribution in [3.8, 4) is 0 Å². The fraction of sp³-hybridized carbons (Fsp3) is 0.444. The van der Waals surface area contributed by atoms with Gasteiger partial charge in [-0.2, -0.15) is 10.2 Å². The maximum Gasteiger partial charge on any atom is 0.244 e. The van der Waals surface area contributed by atoms with E-state index in [1.165, 1.54) is 0 Å². The Hall–Kier alpha value is -2.70. The fourth-order valence-corrected chi connectivity index (χ4v) is 3.54. The summed E-state index contributed by atoms with van der Waals surface area (Å²) in [4.78, 5) is 19.2. The second-order valence-corrected chi connectivity index (χ2v) is 6.73. The summed E-state index contributed by atoms with van der Waals surface area (Å²) >= 11 is 0. The normalized spacial score (nSPS) is 15.8. The maximum absolute atomic E-state index is 12.6. The molecule has 1 aliphatic rings. The minimum Gasteiger partial charge on any atom is -0.341 e. The van der Waals surface area contributed by atoms with Crippen LogP contribution in [0, 0.1) is 13.8 Å². The van der Waals surface area contributed by atoms with Gasteiger partial charge in [-0.3, -0.25) is 9.48 Å². The van der Waals surface area contributed by atoms with Crippen molar-refractivity contribution < 1.29 is 4.79 Å². The highest BCUT2D eigenvalue weighted by molar-refractivity contribution is 5.76. The van der Waals surface area contributed by atoms with Gasteiger partial charge in [0.25, 0.3) is 0 Å². The third kappa shape index (κ3) is 3.14. The molecule has 1 amide bonds. The van der Waals surface area contributed by atoms with Gasteiger partial charge >= 0.3 is 0 Å². The molecule has 0 N–H and O–H groups in total. The zero-order valence-corrected chi connectivity index (χ0v) is 14.6. The molecule has 4 heterocycles. The zero-order valence-electron chi connectivity index (χ0n) is 14.6. The van der Waals surface area contributed by atoms with Gasteiger partial charge in [0.1, 0.15) is 6.54 Å². The molecule has 130 valence electrons. The highest BCUT2D eigenvalue weighted by Crippen LogP contribution is 2.27. The molecular formula is C18H22N6O. The van der Waals surface area contributed by atoms with Crippen molar-refractivity contribution in [1.29, 1.82) is 0 Å². The lowest BCUT2D eigenvalue weighted by Crippen LogP contribution is -2.40. The van der Waals surface area contributed by atoms with Crippen LogP contribution < -0.4 is 0 Å². The van der Waals surface area contributed by atoms with Gasteiger partial charge in [0.2, 0.25) is 5.91 Å². The molecular weight excluding hydrogens is 316 g/mol. The van der Waals surface area contributed by atoms with Gasteiger partial charge in [0, 0.05) is 42.7 Å². The van der Waals surface area contributed by atoms with Crippen LogP contribution in [0.2, 0.25) is 0 Å². The van der Waals surface area contributed by atoms with Crippen molar-refractivity contribution in [3.63, 3.8) is 0 Å². The first-order valence-electron chi connectivity index (χ1n) is 8.69. The summed E-state index contributed by atoms with van der Waals surface area (Å²) in [5.74, 6) is 0.543. The van der Waals surface area contributed by atoms with E-state index in [-0.39, 0.29) is 5.91 Å². The van der Waals surface area contributed by atoms with Gasteiger partial charge < -0.3 is 4.90 Å². The number of likely N-dealkylation sites (tertiary alicyclic amines) is 1. The molecule has 3 aromatic rings. The lowest BCUT2D eigenvalue weighted by Gasteiger charge is -2.31. The fourth-order valence-electron chi connectivity index (χ4n) is 3.54. The molecule has 0 spiro atoms. The Labute approximate surface area is 146 Å². The van der Waals surface area contributed by atoms with Crippen LogP contribution in [0.25, 0.3) is 5.65 Å². The molecule has 3 aromatic heterocycles. The van der Waals surface area contributed by atoms with Gasteiger partial charge in [0.05, 0.1) is 11.9 Å². The number of fused-ring (bicyclic) bond motifs is 1. The van der Waals surface area contributed by atoms with Crippen LogP contribution in [-0.2, 0) is 11.3 Å². The van der Waals surface area contributed by atoms with E-state index in [0.717, 1.165) is 48.7 Å². The molecule has 0 unspecified atom stereocenters. The molecule has 1 saturated heterocycles. The van der Waals surface area contributed by atoms with E-state index in [0.29, 0.717) is 12.5 Å². The minimum absolute atomic E-state index is 0.142. The zero-order chi connectivity index (χ0) is 17.4. The SMILES string of the molecule is Cc1cc(C)n(CC(=O)N2CCC(c3ccn4nccc4n3)CC2)n1. The number of aryl methyl sites for hydroxylation is 2. The lowest BCUT2D eigenvalue weighted by molar-refractivity contribution is -0.133. The highest BCUT2D eigenvalue weighted by Gasteiger charge is 2.25. The first kappa shape index (κ1) is 15.8. The van der Waals surface area contributed by atoms with Crippen molar-refractivity contribution in [2.24, 2.45) is 0 Å². The monoisotopic (exact) mass is 338 g/mol. The van der Waals surface area contributed by atoms with E-state index in [2.05, 4.69) is 10.2 Å². The Morgan fingerprint density at radius 2 is 2.04 bits per heavy atom. The number of rotatable bonds is 3. The van der Waals surface area contributed by atoms with Gasteiger partial charge in [0.15, 0.2) is 5.65 Å². The molecule has 1 aliphatic heterocycles. The lowest BCUT2D eigenvalue weighted by atomic mass is 9.93. The summed E-state index contributed by atoms with van der Waals surface area (Å²) in [6, 6.07) is 5.95. The molecule has 0 radical (unpaired) electrons. The Bertz CT molecular complexity index is 903. The van der Waals surface area contributed by atoms with Gasteiger partial charge in [-0.1, -0.05) is 0 Å². The van der Waals surface area contributed by atoms with E-state index in [1.54, 1.807) is 15.4 Å². The predicted molar refractivity (Wildman–Crippen MR) is 93.2 cm³/mol. The number of amides is 1. The summed E-state index contributed by atoms with van der Waals surface area (Å²) in [6.45, 7) is 5.80.